The van der Waals surface area contributed by atoms with Gasteiger partial charge in [-0.15, -0.1) is 0 Å². The molecule has 0 fully saturated rings. The molecular formula is C42H28N4. The molecule has 3 heterocycles. The van der Waals surface area contributed by atoms with Gasteiger partial charge in [-0.1, -0.05) is 115 Å². The molecule has 0 bridgehead atoms. The Labute approximate surface area is 265 Å². The fourth-order valence-corrected chi connectivity index (χ4v) is 7.47. The molecule has 1 atom stereocenters. The first-order chi connectivity index (χ1) is 22.8. The van der Waals surface area contributed by atoms with Gasteiger partial charge < -0.3 is 9.88 Å². The molecule has 2 aromatic heterocycles. The zero-order chi connectivity index (χ0) is 30.2. The van der Waals surface area contributed by atoms with Gasteiger partial charge in [-0.25, -0.2) is 4.99 Å². The summed E-state index contributed by atoms with van der Waals surface area (Å²) in [4.78, 5) is 5.46. The highest BCUT2D eigenvalue weighted by Gasteiger charge is 2.27. The summed E-state index contributed by atoms with van der Waals surface area (Å²) in [6.07, 6.45) is -0.220. The lowest BCUT2D eigenvalue weighted by atomic mass is 10.00. The monoisotopic (exact) mass is 588 g/mol. The van der Waals surface area contributed by atoms with E-state index in [9.17, 15) is 0 Å². The third-order valence-electron chi connectivity index (χ3n) is 9.52. The van der Waals surface area contributed by atoms with Gasteiger partial charge in [0.1, 0.15) is 12.0 Å². The Morgan fingerprint density at radius 2 is 1.02 bits per heavy atom. The van der Waals surface area contributed by atoms with E-state index >= 15 is 0 Å². The van der Waals surface area contributed by atoms with Crippen LogP contribution in [0.4, 0.5) is 5.69 Å². The molecule has 0 saturated heterocycles. The van der Waals surface area contributed by atoms with Crippen molar-refractivity contribution < 1.29 is 0 Å². The van der Waals surface area contributed by atoms with E-state index < -0.39 is 0 Å². The smallest absolute Gasteiger partial charge is 0.147 e. The summed E-state index contributed by atoms with van der Waals surface area (Å²) in [7, 11) is 0. The minimum Gasteiger partial charge on any atom is -0.359 e. The maximum absolute atomic E-state index is 5.46. The van der Waals surface area contributed by atoms with E-state index in [2.05, 4.69) is 172 Å². The fraction of sp³-hybridized carbons (Fsp3) is 0.0238. The Morgan fingerprint density at radius 1 is 0.457 bits per heavy atom. The number of benzene rings is 7. The maximum atomic E-state index is 5.46. The van der Waals surface area contributed by atoms with E-state index in [0.29, 0.717) is 0 Å². The van der Waals surface area contributed by atoms with Crippen LogP contribution in [0.15, 0.2) is 163 Å². The van der Waals surface area contributed by atoms with E-state index in [4.69, 9.17) is 4.99 Å². The van der Waals surface area contributed by atoms with Gasteiger partial charge in [0.15, 0.2) is 0 Å². The van der Waals surface area contributed by atoms with Crippen molar-refractivity contribution in [2.45, 2.75) is 6.17 Å². The number of nitrogens with zero attached hydrogens (tertiary/aromatic N) is 3. The predicted molar refractivity (Wildman–Crippen MR) is 192 cm³/mol. The molecule has 1 aliphatic rings. The number of rotatable bonds is 2. The van der Waals surface area contributed by atoms with Crippen molar-refractivity contribution in [1.82, 2.24) is 9.13 Å². The lowest BCUT2D eigenvalue weighted by molar-refractivity contribution is 0.821. The van der Waals surface area contributed by atoms with Crippen LogP contribution in [0.25, 0.3) is 60.1 Å². The van der Waals surface area contributed by atoms with E-state index in [0.717, 1.165) is 39.4 Å². The van der Waals surface area contributed by atoms with Gasteiger partial charge in [0.05, 0.1) is 27.8 Å². The average molecular weight is 589 g/mol. The van der Waals surface area contributed by atoms with Crippen LogP contribution in [0, 0.1) is 0 Å². The van der Waals surface area contributed by atoms with Crippen molar-refractivity contribution in [2.24, 2.45) is 4.99 Å². The van der Waals surface area contributed by atoms with E-state index in [-0.39, 0.29) is 6.17 Å². The zero-order valence-electron chi connectivity index (χ0n) is 24.9. The van der Waals surface area contributed by atoms with E-state index in [1.165, 1.54) is 43.4 Å². The summed E-state index contributed by atoms with van der Waals surface area (Å²) >= 11 is 0. The second-order valence-corrected chi connectivity index (χ2v) is 12.0. The van der Waals surface area contributed by atoms with Crippen molar-refractivity contribution in [1.29, 1.82) is 0 Å². The topological polar surface area (TPSA) is 34.2 Å². The molecule has 216 valence electrons. The Kier molecular flexibility index (Phi) is 5.31. The second kappa shape index (κ2) is 9.68. The number of fused-ring (bicyclic) bond motifs is 9. The molecule has 0 saturated carbocycles. The number of anilines is 1. The Hall–Kier alpha value is -6.13. The normalized spacial score (nSPS) is 14.6. The van der Waals surface area contributed by atoms with Crippen LogP contribution in [0.3, 0.4) is 0 Å². The highest BCUT2D eigenvalue weighted by molar-refractivity contribution is 6.22. The first-order valence-electron chi connectivity index (χ1n) is 15.8. The zero-order valence-corrected chi connectivity index (χ0v) is 24.9. The molecule has 9 aromatic rings. The van der Waals surface area contributed by atoms with Crippen molar-refractivity contribution in [2.75, 3.05) is 5.32 Å². The van der Waals surface area contributed by atoms with E-state index in [1.807, 2.05) is 0 Å². The third-order valence-corrected chi connectivity index (χ3v) is 9.52. The van der Waals surface area contributed by atoms with Gasteiger partial charge in [-0.2, -0.15) is 0 Å². The molecule has 7 aromatic carbocycles. The van der Waals surface area contributed by atoms with Crippen LogP contribution < -0.4 is 5.32 Å². The van der Waals surface area contributed by atoms with Gasteiger partial charge in [0.2, 0.25) is 0 Å². The predicted octanol–water partition coefficient (Wildman–Crippen LogP) is 10.5. The van der Waals surface area contributed by atoms with Gasteiger partial charge in [0, 0.05) is 38.2 Å². The minimum absolute atomic E-state index is 0.220. The number of aromatic nitrogens is 2. The molecule has 1 aliphatic heterocycles. The minimum atomic E-state index is -0.220. The first kappa shape index (κ1) is 25.2. The van der Waals surface area contributed by atoms with Crippen LogP contribution in [0.2, 0.25) is 0 Å². The van der Waals surface area contributed by atoms with Gasteiger partial charge >= 0.3 is 0 Å². The lowest BCUT2D eigenvalue weighted by Crippen LogP contribution is -2.25. The molecule has 0 amide bonds. The molecule has 0 aliphatic carbocycles. The molecule has 46 heavy (non-hydrogen) atoms. The fourth-order valence-electron chi connectivity index (χ4n) is 7.47. The molecule has 1 N–H and O–H groups in total. The molecule has 10 rings (SSSR count). The van der Waals surface area contributed by atoms with Crippen LogP contribution in [-0.2, 0) is 0 Å². The highest BCUT2D eigenvalue weighted by Crippen LogP contribution is 2.40. The van der Waals surface area contributed by atoms with Crippen LogP contribution >= 0.6 is 0 Å². The summed E-state index contributed by atoms with van der Waals surface area (Å²) < 4.78 is 4.76. The third kappa shape index (κ3) is 3.58. The molecule has 4 nitrogen and oxygen atoms in total. The number of para-hydroxylation sites is 3. The van der Waals surface area contributed by atoms with Gasteiger partial charge in [0.25, 0.3) is 0 Å². The summed E-state index contributed by atoms with van der Waals surface area (Å²) in [5.41, 5.74) is 9.19. The Balaban J connectivity index is 1.26. The summed E-state index contributed by atoms with van der Waals surface area (Å²) in [5, 5.41) is 11.1. The Bertz CT molecular complexity index is 2620. The second-order valence-electron chi connectivity index (χ2n) is 12.0. The number of hydrogen-bond donors (Lipinski definition) is 1. The summed E-state index contributed by atoms with van der Waals surface area (Å²) in [6, 6.07) is 56.5. The van der Waals surface area contributed by atoms with Crippen molar-refractivity contribution >= 4 is 65.9 Å². The quantitative estimate of drug-likeness (QED) is 0.214. The largest absolute Gasteiger partial charge is 0.359 e. The molecule has 0 radical (unpaired) electrons. The van der Waals surface area contributed by atoms with Gasteiger partial charge in [-0.3, -0.25) is 4.57 Å². The molecule has 4 heteroatoms. The standard InChI is InChI=1S/C42H28N4/c1-2-13-28(14-3-1)41-43-40-30-15-5-4-12-27(30)22-24-34(40)42(44-41)46-38-21-11-8-18-33(38)35-26-29(23-25-39(35)46)45-36-19-9-6-16-31(36)32-17-7-10-20-37(32)45/h1-26,41,43H. The average Bonchev–Trinajstić information content (AvgIpc) is 3.64. The highest BCUT2D eigenvalue weighted by atomic mass is 15.2. The SMILES string of the molecule is c1ccc(C2N=C(n3c4ccccc4c4cc(-n5c6ccccc6c6ccccc65)ccc43)c3ccc4ccccc4c3N2)cc1. The van der Waals surface area contributed by atoms with E-state index in [1.54, 1.807) is 0 Å². The van der Waals surface area contributed by atoms with Crippen molar-refractivity contribution in [3.05, 3.63) is 169 Å². The molecule has 0 spiro atoms. The van der Waals surface area contributed by atoms with Crippen LogP contribution in [0.1, 0.15) is 17.3 Å². The Morgan fingerprint density at radius 3 is 1.74 bits per heavy atom. The number of hydrogen-bond acceptors (Lipinski definition) is 2. The molecule has 1 unspecified atom stereocenters. The van der Waals surface area contributed by atoms with Gasteiger partial charge in [-0.05, 0) is 53.4 Å². The number of nitrogens with one attached hydrogen (secondary N) is 1. The first-order valence-corrected chi connectivity index (χ1v) is 15.8. The lowest BCUT2D eigenvalue weighted by Gasteiger charge is -2.28. The van der Waals surface area contributed by atoms with Crippen LogP contribution in [0.5, 0.6) is 0 Å². The summed E-state index contributed by atoms with van der Waals surface area (Å²) in [6.45, 7) is 0. The van der Waals surface area contributed by atoms with Crippen molar-refractivity contribution in [3.63, 3.8) is 0 Å². The maximum Gasteiger partial charge on any atom is 0.147 e. The number of aliphatic imine (C=N–C) groups is 1. The summed E-state index contributed by atoms with van der Waals surface area (Å²) in [5.74, 6) is 0.948. The molecular weight excluding hydrogens is 560 g/mol. The van der Waals surface area contributed by atoms with Crippen LogP contribution in [-0.4, -0.2) is 15.0 Å². The van der Waals surface area contributed by atoms with Crippen molar-refractivity contribution in [3.8, 4) is 5.69 Å².